The number of allylic oxidation sites excluding steroid dienone is 1. The Morgan fingerprint density at radius 1 is 0.972 bits per heavy atom. The molecule has 0 saturated heterocycles. The molecule has 0 fully saturated rings. The Bertz CT molecular complexity index is 1500. The molecule has 0 aromatic heterocycles. The molecule has 1 aliphatic rings. The molecule has 1 aliphatic heterocycles. The number of non-ortho nitro benzene ring substituents is 1. The smallest absolute Gasteiger partial charge is 0.355 e. The molecule has 2 N–H and O–H groups in total. The molecule has 0 spiro atoms. The lowest BCUT2D eigenvalue weighted by molar-refractivity contribution is -0.383. The number of hydrogen-bond acceptors (Lipinski definition) is 9. The van der Waals surface area contributed by atoms with Gasteiger partial charge in [-0.2, -0.15) is 5.26 Å². The molecule has 1 heterocycles. The second-order valence-corrected chi connectivity index (χ2v) is 7.74. The molecule has 0 amide bonds. The highest BCUT2D eigenvalue weighted by Crippen LogP contribution is 2.45. The first-order valence-electron chi connectivity index (χ1n) is 10.7. The number of ether oxygens (including phenoxy) is 2. The second-order valence-electron chi connectivity index (χ2n) is 7.74. The number of nitrogens with two attached hydrogens (primary N) is 1. The zero-order chi connectivity index (χ0) is 26.0. The number of nitro groups is 1. The van der Waals surface area contributed by atoms with Gasteiger partial charge in [0, 0.05) is 11.5 Å². The minimum absolute atomic E-state index is 0.00307. The SMILES string of the molecule is COC(=O)C1=C(C(=O)OC)N(c2cccc3c([N+](=O)[O-])cccc23)C(N)=C(C#N)C1c1ccccc1. The summed E-state index contributed by atoms with van der Waals surface area (Å²) >= 11 is 0. The number of fused-ring (bicyclic) bond motifs is 1. The van der Waals surface area contributed by atoms with Gasteiger partial charge in [-0.1, -0.05) is 48.5 Å². The molecule has 10 nitrogen and oxygen atoms in total. The van der Waals surface area contributed by atoms with E-state index in [1.54, 1.807) is 54.6 Å². The van der Waals surface area contributed by atoms with Crippen LogP contribution in [0.25, 0.3) is 10.8 Å². The van der Waals surface area contributed by atoms with Gasteiger partial charge in [0.15, 0.2) is 0 Å². The van der Waals surface area contributed by atoms with Gasteiger partial charge in [0.1, 0.15) is 11.5 Å². The Kier molecular flexibility index (Phi) is 6.39. The van der Waals surface area contributed by atoms with Gasteiger partial charge in [0.25, 0.3) is 5.69 Å². The van der Waals surface area contributed by atoms with Gasteiger partial charge in [0.05, 0.1) is 53.3 Å². The maximum Gasteiger partial charge on any atom is 0.355 e. The first kappa shape index (κ1) is 24.0. The molecular formula is C26H20N4O6. The van der Waals surface area contributed by atoms with Crippen molar-refractivity contribution in [2.75, 3.05) is 19.1 Å². The number of carbonyl (C=O) groups excluding carboxylic acids is 2. The number of esters is 2. The fourth-order valence-corrected chi connectivity index (χ4v) is 4.39. The summed E-state index contributed by atoms with van der Waals surface area (Å²) in [7, 11) is 2.30. The average Bonchev–Trinajstić information content (AvgIpc) is 2.91. The monoisotopic (exact) mass is 484 g/mol. The summed E-state index contributed by atoms with van der Waals surface area (Å²) in [5.41, 5.74) is 6.74. The highest BCUT2D eigenvalue weighted by atomic mass is 16.6. The van der Waals surface area contributed by atoms with Crippen molar-refractivity contribution in [3.63, 3.8) is 0 Å². The number of nitro benzene ring substituents is 1. The molecule has 0 bridgehead atoms. The molecule has 1 atom stereocenters. The van der Waals surface area contributed by atoms with Crippen molar-refractivity contribution < 1.29 is 24.0 Å². The fourth-order valence-electron chi connectivity index (χ4n) is 4.39. The van der Waals surface area contributed by atoms with Crippen LogP contribution in [0.1, 0.15) is 11.5 Å². The third-order valence-corrected chi connectivity index (χ3v) is 5.92. The van der Waals surface area contributed by atoms with E-state index < -0.39 is 22.8 Å². The molecule has 0 radical (unpaired) electrons. The van der Waals surface area contributed by atoms with Crippen molar-refractivity contribution in [2.45, 2.75) is 5.92 Å². The van der Waals surface area contributed by atoms with Gasteiger partial charge < -0.3 is 15.2 Å². The third kappa shape index (κ3) is 3.78. The summed E-state index contributed by atoms with van der Waals surface area (Å²) in [5, 5.41) is 22.4. The van der Waals surface area contributed by atoms with E-state index in [9.17, 15) is 25.0 Å². The van der Waals surface area contributed by atoms with Crippen molar-refractivity contribution in [3.8, 4) is 6.07 Å². The predicted molar refractivity (Wildman–Crippen MR) is 130 cm³/mol. The number of rotatable bonds is 5. The zero-order valence-electron chi connectivity index (χ0n) is 19.3. The van der Waals surface area contributed by atoms with Crippen LogP contribution in [0.5, 0.6) is 0 Å². The molecule has 4 rings (SSSR count). The number of benzene rings is 3. The van der Waals surface area contributed by atoms with Crippen molar-refractivity contribution in [1.82, 2.24) is 0 Å². The molecular weight excluding hydrogens is 464 g/mol. The van der Waals surface area contributed by atoms with Gasteiger partial charge in [0.2, 0.25) is 0 Å². The highest BCUT2D eigenvalue weighted by Gasteiger charge is 2.43. The maximum absolute atomic E-state index is 13.2. The molecule has 180 valence electrons. The van der Waals surface area contributed by atoms with Gasteiger partial charge >= 0.3 is 11.9 Å². The highest BCUT2D eigenvalue weighted by molar-refractivity contribution is 6.09. The number of nitrogens with zero attached hydrogens (tertiary/aromatic N) is 3. The first-order valence-corrected chi connectivity index (χ1v) is 10.7. The second kappa shape index (κ2) is 9.60. The van der Waals surface area contributed by atoms with Crippen LogP contribution in [0.4, 0.5) is 11.4 Å². The lowest BCUT2D eigenvalue weighted by atomic mass is 9.80. The maximum atomic E-state index is 13.2. The summed E-state index contributed by atoms with van der Waals surface area (Å²) in [4.78, 5) is 38.7. The Balaban J connectivity index is 2.14. The number of nitriles is 1. The minimum atomic E-state index is -1.02. The van der Waals surface area contributed by atoms with Gasteiger partial charge in [-0.05, 0) is 17.7 Å². The Hall–Kier alpha value is -5.17. The standard InChI is InChI=1S/C26H20N4O6/c1-35-25(31)22-21(15-8-4-3-5-9-15)18(14-27)24(28)29(23(22)26(32)36-2)19-12-6-11-17-16(19)10-7-13-20(17)30(33)34/h3-13,21H,28H2,1-2H3. The minimum Gasteiger partial charge on any atom is -0.466 e. The van der Waals surface area contributed by atoms with E-state index in [4.69, 9.17) is 15.2 Å². The Labute approximate surface area is 205 Å². The molecule has 3 aromatic carbocycles. The van der Waals surface area contributed by atoms with Crippen molar-refractivity contribution in [3.05, 3.63) is 105 Å². The summed E-state index contributed by atoms with van der Waals surface area (Å²) in [6.45, 7) is 0. The summed E-state index contributed by atoms with van der Waals surface area (Å²) in [5.74, 6) is -2.91. The van der Waals surface area contributed by atoms with Crippen LogP contribution >= 0.6 is 0 Å². The first-order chi connectivity index (χ1) is 17.3. The van der Waals surface area contributed by atoms with E-state index >= 15 is 0 Å². The normalized spacial score (nSPS) is 15.5. The quantitative estimate of drug-likeness (QED) is 0.325. The van der Waals surface area contributed by atoms with Gasteiger partial charge in [-0.25, -0.2) is 9.59 Å². The van der Waals surface area contributed by atoms with Crippen LogP contribution in [0.15, 0.2) is 89.4 Å². The van der Waals surface area contributed by atoms with E-state index in [-0.39, 0.29) is 39.4 Å². The number of carbonyl (C=O) groups is 2. The van der Waals surface area contributed by atoms with Crippen LogP contribution < -0.4 is 10.6 Å². The molecule has 1 unspecified atom stereocenters. The van der Waals surface area contributed by atoms with E-state index in [0.29, 0.717) is 10.9 Å². The number of methoxy groups -OCH3 is 2. The molecule has 36 heavy (non-hydrogen) atoms. The molecule has 10 heteroatoms. The van der Waals surface area contributed by atoms with E-state index in [1.807, 2.05) is 0 Å². The number of anilines is 1. The zero-order valence-corrected chi connectivity index (χ0v) is 19.3. The topological polar surface area (TPSA) is 149 Å². The molecule has 3 aromatic rings. The van der Waals surface area contributed by atoms with Crippen LogP contribution in [-0.2, 0) is 19.1 Å². The van der Waals surface area contributed by atoms with Crippen LogP contribution in [0, 0.1) is 21.4 Å². The van der Waals surface area contributed by atoms with Crippen molar-refractivity contribution in [1.29, 1.82) is 5.26 Å². The largest absolute Gasteiger partial charge is 0.466 e. The Morgan fingerprint density at radius 2 is 1.61 bits per heavy atom. The number of hydrogen-bond donors (Lipinski definition) is 1. The summed E-state index contributed by atoms with van der Waals surface area (Å²) in [6.07, 6.45) is 0. The predicted octanol–water partition coefficient (Wildman–Crippen LogP) is 3.65. The average molecular weight is 484 g/mol. The lowest BCUT2D eigenvalue weighted by Gasteiger charge is -2.36. The fraction of sp³-hybridized carbons (Fsp3) is 0.115. The molecule has 0 saturated carbocycles. The van der Waals surface area contributed by atoms with Gasteiger partial charge in [-0.3, -0.25) is 15.0 Å². The van der Waals surface area contributed by atoms with Crippen LogP contribution in [0.3, 0.4) is 0 Å². The molecule has 0 aliphatic carbocycles. The lowest BCUT2D eigenvalue weighted by Crippen LogP contribution is -2.40. The van der Waals surface area contributed by atoms with E-state index in [1.165, 1.54) is 17.0 Å². The Morgan fingerprint density at radius 3 is 2.22 bits per heavy atom. The third-order valence-electron chi connectivity index (χ3n) is 5.92. The van der Waals surface area contributed by atoms with E-state index in [2.05, 4.69) is 6.07 Å². The van der Waals surface area contributed by atoms with E-state index in [0.717, 1.165) is 14.2 Å². The van der Waals surface area contributed by atoms with Crippen LogP contribution in [0.2, 0.25) is 0 Å². The van der Waals surface area contributed by atoms with Gasteiger partial charge in [-0.15, -0.1) is 0 Å². The summed E-state index contributed by atoms with van der Waals surface area (Å²) in [6, 6.07) is 19.8. The van der Waals surface area contributed by atoms with Crippen LogP contribution in [-0.4, -0.2) is 31.1 Å². The van der Waals surface area contributed by atoms with Crippen molar-refractivity contribution in [2.24, 2.45) is 5.73 Å². The van der Waals surface area contributed by atoms with Crippen molar-refractivity contribution >= 4 is 34.1 Å². The summed E-state index contributed by atoms with van der Waals surface area (Å²) < 4.78 is 10.0.